The van der Waals surface area contributed by atoms with E-state index in [9.17, 15) is 9.59 Å². The Morgan fingerprint density at radius 1 is 1.30 bits per heavy atom. The fourth-order valence-corrected chi connectivity index (χ4v) is 3.01. The van der Waals surface area contributed by atoms with E-state index in [2.05, 4.69) is 10.6 Å². The topological polar surface area (TPSA) is 76.7 Å². The number of nitrogens with one attached hydrogen (secondary N) is 2. The molecule has 2 N–H and O–H groups in total. The van der Waals surface area contributed by atoms with Crippen molar-refractivity contribution in [2.75, 3.05) is 19.8 Å². The van der Waals surface area contributed by atoms with Gasteiger partial charge in [0, 0.05) is 13.0 Å². The lowest BCUT2D eigenvalue weighted by atomic mass is 10.1. The van der Waals surface area contributed by atoms with E-state index in [1.54, 1.807) is 12.1 Å². The van der Waals surface area contributed by atoms with Crippen LogP contribution in [0.15, 0.2) is 12.1 Å². The molecule has 1 aromatic carbocycles. The number of piperidine rings is 1. The van der Waals surface area contributed by atoms with Crippen LogP contribution in [0.2, 0.25) is 5.02 Å². The van der Waals surface area contributed by atoms with Crippen molar-refractivity contribution < 1.29 is 19.1 Å². The van der Waals surface area contributed by atoms with Gasteiger partial charge in [0.15, 0.2) is 11.5 Å². The van der Waals surface area contributed by atoms with Crippen LogP contribution in [0.5, 0.6) is 11.5 Å². The fraction of sp³-hybridized carbons (Fsp3) is 0.500. The van der Waals surface area contributed by atoms with Crippen molar-refractivity contribution in [2.24, 2.45) is 0 Å². The molecule has 0 saturated carbocycles. The van der Waals surface area contributed by atoms with Gasteiger partial charge >= 0.3 is 0 Å². The fourth-order valence-electron chi connectivity index (χ4n) is 2.73. The minimum Gasteiger partial charge on any atom is -0.489 e. The van der Waals surface area contributed by atoms with Crippen LogP contribution in [0, 0.1) is 0 Å². The second kappa shape index (κ2) is 7.08. The van der Waals surface area contributed by atoms with Gasteiger partial charge in [-0.05, 0) is 30.5 Å². The molecule has 2 aliphatic rings. The van der Waals surface area contributed by atoms with Crippen LogP contribution in [-0.4, -0.2) is 37.6 Å². The van der Waals surface area contributed by atoms with Crippen molar-refractivity contribution in [3.8, 4) is 11.5 Å². The molecule has 1 fully saturated rings. The van der Waals surface area contributed by atoms with Crippen LogP contribution in [0.25, 0.3) is 0 Å². The third-order valence-corrected chi connectivity index (χ3v) is 4.13. The molecule has 0 aromatic heterocycles. The summed E-state index contributed by atoms with van der Waals surface area (Å²) in [7, 11) is 0. The molecule has 1 unspecified atom stereocenters. The number of carbonyl (C=O) groups is 2. The molecule has 0 spiro atoms. The van der Waals surface area contributed by atoms with Gasteiger partial charge in [0.1, 0.15) is 6.04 Å². The van der Waals surface area contributed by atoms with E-state index >= 15 is 0 Å². The van der Waals surface area contributed by atoms with Gasteiger partial charge in [0.2, 0.25) is 11.8 Å². The summed E-state index contributed by atoms with van der Waals surface area (Å²) in [4.78, 5) is 23.8. The molecule has 2 aliphatic heterocycles. The van der Waals surface area contributed by atoms with Crippen LogP contribution in [0.4, 0.5) is 0 Å². The number of ether oxygens (including phenoxy) is 2. The van der Waals surface area contributed by atoms with Crippen LogP contribution in [0.3, 0.4) is 0 Å². The Kier molecular flexibility index (Phi) is 4.91. The minimum absolute atomic E-state index is 0.124. The number of halogens is 1. The summed E-state index contributed by atoms with van der Waals surface area (Å²) in [5.74, 6) is 0.757. The summed E-state index contributed by atoms with van der Waals surface area (Å²) in [5.41, 5.74) is 0.730. The lowest BCUT2D eigenvalue weighted by Gasteiger charge is -2.22. The average molecular weight is 339 g/mol. The van der Waals surface area contributed by atoms with Gasteiger partial charge in [0.25, 0.3) is 0 Å². The Bertz CT molecular complexity index is 620. The molecule has 0 aliphatic carbocycles. The monoisotopic (exact) mass is 338 g/mol. The molecule has 7 heteroatoms. The first-order chi connectivity index (χ1) is 11.1. The van der Waals surface area contributed by atoms with Gasteiger partial charge in [0.05, 0.1) is 24.7 Å². The average Bonchev–Trinajstić information content (AvgIpc) is 2.75. The Morgan fingerprint density at radius 2 is 2.13 bits per heavy atom. The normalized spacial score (nSPS) is 20.4. The van der Waals surface area contributed by atoms with Crippen LogP contribution in [0.1, 0.15) is 24.8 Å². The smallest absolute Gasteiger partial charge is 0.242 e. The van der Waals surface area contributed by atoms with Gasteiger partial charge in [-0.2, -0.15) is 0 Å². The largest absolute Gasteiger partial charge is 0.489 e. The highest BCUT2D eigenvalue weighted by Crippen LogP contribution is 2.38. The highest BCUT2D eigenvalue weighted by Gasteiger charge is 2.24. The molecule has 0 bridgehead atoms. The first kappa shape index (κ1) is 15.9. The number of amides is 2. The zero-order valence-electron chi connectivity index (χ0n) is 12.7. The quantitative estimate of drug-likeness (QED) is 0.874. The lowest BCUT2D eigenvalue weighted by Crippen LogP contribution is -2.50. The number of fused-ring (bicyclic) bond motifs is 1. The maximum atomic E-state index is 12.2. The Balaban J connectivity index is 1.67. The van der Waals surface area contributed by atoms with E-state index in [0.717, 1.165) is 18.4 Å². The van der Waals surface area contributed by atoms with Crippen molar-refractivity contribution in [3.63, 3.8) is 0 Å². The Morgan fingerprint density at radius 3 is 2.96 bits per heavy atom. The standard InChI is InChI=1S/C16H19ClN2O4/c17-11-7-10(8-13-15(11)23-6-2-5-22-13)9-14(20)19-12-3-1-4-18-16(12)21/h7-8,12H,1-6,9H2,(H,18,21)(H,19,20). The second-order valence-corrected chi connectivity index (χ2v) is 6.09. The minimum atomic E-state index is -0.452. The molecule has 1 aromatic rings. The molecule has 2 heterocycles. The van der Waals surface area contributed by atoms with E-state index < -0.39 is 6.04 Å². The maximum absolute atomic E-state index is 12.2. The molecule has 23 heavy (non-hydrogen) atoms. The van der Waals surface area contributed by atoms with Crippen LogP contribution < -0.4 is 20.1 Å². The van der Waals surface area contributed by atoms with Crippen molar-refractivity contribution >= 4 is 23.4 Å². The van der Waals surface area contributed by atoms with Gasteiger partial charge in [-0.15, -0.1) is 0 Å². The summed E-state index contributed by atoms with van der Waals surface area (Å²) in [5, 5.41) is 5.94. The Hall–Kier alpha value is -1.95. The Labute approximate surface area is 139 Å². The van der Waals surface area contributed by atoms with E-state index in [0.29, 0.717) is 42.7 Å². The molecule has 2 amide bonds. The van der Waals surface area contributed by atoms with Gasteiger partial charge in [-0.25, -0.2) is 0 Å². The number of benzene rings is 1. The number of carbonyl (C=O) groups excluding carboxylic acids is 2. The van der Waals surface area contributed by atoms with E-state index in [4.69, 9.17) is 21.1 Å². The van der Waals surface area contributed by atoms with Crippen molar-refractivity contribution in [1.82, 2.24) is 10.6 Å². The second-order valence-electron chi connectivity index (χ2n) is 5.69. The summed E-state index contributed by atoms with van der Waals surface area (Å²) in [6.07, 6.45) is 2.46. The SMILES string of the molecule is O=C(Cc1cc(Cl)c2c(c1)OCCCO2)NC1CCCNC1=O. The third-order valence-electron chi connectivity index (χ3n) is 3.85. The molecule has 6 nitrogen and oxygen atoms in total. The molecular formula is C16H19ClN2O4. The summed E-state index contributed by atoms with van der Waals surface area (Å²) in [6, 6.07) is 3.02. The molecule has 124 valence electrons. The summed E-state index contributed by atoms with van der Waals surface area (Å²) in [6.45, 7) is 1.79. The van der Waals surface area contributed by atoms with Gasteiger partial charge in [-0.1, -0.05) is 11.6 Å². The predicted molar refractivity (Wildman–Crippen MR) is 84.9 cm³/mol. The zero-order chi connectivity index (χ0) is 16.2. The molecular weight excluding hydrogens is 320 g/mol. The van der Waals surface area contributed by atoms with Crippen LogP contribution >= 0.6 is 11.6 Å². The molecule has 3 rings (SSSR count). The van der Waals surface area contributed by atoms with E-state index in [-0.39, 0.29) is 18.2 Å². The molecule has 1 saturated heterocycles. The van der Waals surface area contributed by atoms with Crippen molar-refractivity contribution in [1.29, 1.82) is 0 Å². The highest BCUT2D eigenvalue weighted by atomic mass is 35.5. The van der Waals surface area contributed by atoms with Gasteiger partial charge in [-0.3, -0.25) is 9.59 Å². The first-order valence-electron chi connectivity index (χ1n) is 7.78. The summed E-state index contributed by atoms with van der Waals surface area (Å²) < 4.78 is 11.2. The van der Waals surface area contributed by atoms with Crippen molar-refractivity contribution in [3.05, 3.63) is 22.7 Å². The number of hydrogen-bond acceptors (Lipinski definition) is 4. The van der Waals surface area contributed by atoms with Gasteiger partial charge < -0.3 is 20.1 Å². The predicted octanol–water partition coefficient (Wildman–Crippen LogP) is 1.44. The van der Waals surface area contributed by atoms with Crippen molar-refractivity contribution in [2.45, 2.75) is 31.7 Å². The summed E-state index contributed by atoms with van der Waals surface area (Å²) >= 11 is 6.22. The molecule has 1 atom stereocenters. The lowest BCUT2D eigenvalue weighted by molar-refractivity contribution is -0.129. The van der Waals surface area contributed by atoms with E-state index in [1.165, 1.54) is 0 Å². The highest BCUT2D eigenvalue weighted by molar-refractivity contribution is 6.32. The number of rotatable bonds is 3. The molecule has 0 radical (unpaired) electrons. The maximum Gasteiger partial charge on any atom is 0.242 e. The zero-order valence-corrected chi connectivity index (χ0v) is 13.4. The third kappa shape index (κ3) is 3.88. The number of hydrogen-bond donors (Lipinski definition) is 2. The first-order valence-corrected chi connectivity index (χ1v) is 8.16. The van der Waals surface area contributed by atoms with E-state index in [1.807, 2.05) is 0 Å². The van der Waals surface area contributed by atoms with Crippen LogP contribution in [-0.2, 0) is 16.0 Å².